The van der Waals surface area contributed by atoms with E-state index in [1.807, 2.05) is 18.2 Å². The lowest BCUT2D eigenvalue weighted by Crippen LogP contribution is -2.34. The monoisotopic (exact) mass is 337 g/mol. The van der Waals surface area contributed by atoms with Gasteiger partial charge < -0.3 is 10.1 Å². The van der Waals surface area contributed by atoms with Crippen LogP contribution in [0, 0.1) is 0 Å². The van der Waals surface area contributed by atoms with E-state index in [1.165, 1.54) is 29.8 Å². The van der Waals surface area contributed by atoms with Gasteiger partial charge in [0.25, 0.3) is 5.91 Å². The summed E-state index contributed by atoms with van der Waals surface area (Å²) < 4.78 is 5.05. The van der Waals surface area contributed by atoms with Crippen LogP contribution >= 0.6 is 0 Å². The van der Waals surface area contributed by atoms with E-state index < -0.39 is 5.97 Å². The third-order valence-electron chi connectivity index (χ3n) is 4.32. The van der Waals surface area contributed by atoms with E-state index in [9.17, 15) is 14.4 Å². The predicted octanol–water partition coefficient (Wildman–Crippen LogP) is 2.85. The normalized spacial score (nSPS) is 15.8. The number of carbonyl (C=O) groups is 3. The molecule has 0 unspecified atom stereocenters. The van der Waals surface area contributed by atoms with Crippen molar-refractivity contribution in [3.05, 3.63) is 70.8 Å². The molecule has 5 heteroatoms. The van der Waals surface area contributed by atoms with E-state index in [4.69, 9.17) is 4.74 Å². The molecule has 1 N–H and O–H groups in total. The number of fused-ring (bicyclic) bond motifs is 1. The minimum Gasteiger partial charge on any atom is -0.452 e. The van der Waals surface area contributed by atoms with Gasteiger partial charge >= 0.3 is 5.97 Å². The van der Waals surface area contributed by atoms with Crippen LogP contribution in [0.2, 0.25) is 0 Å². The molecule has 2 aromatic rings. The molecule has 1 aliphatic carbocycles. The zero-order valence-corrected chi connectivity index (χ0v) is 13.7. The van der Waals surface area contributed by atoms with Crippen LogP contribution in [0.4, 0.5) is 0 Å². The fourth-order valence-corrected chi connectivity index (χ4v) is 3.05. The average molecular weight is 337 g/mol. The van der Waals surface area contributed by atoms with Crippen molar-refractivity contribution in [1.29, 1.82) is 0 Å². The second-order valence-electron chi connectivity index (χ2n) is 6.03. The maximum absolute atomic E-state index is 12.1. The molecule has 1 aliphatic rings. The number of aldehydes is 1. The number of amides is 1. The quantitative estimate of drug-likeness (QED) is 0.673. The number of carbonyl (C=O) groups excluding carboxylic acids is 3. The molecule has 2 aromatic carbocycles. The zero-order chi connectivity index (χ0) is 17.6. The molecule has 5 nitrogen and oxygen atoms in total. The highest BCUT2D eigenvalue weighted by Crippen LogP contribution is 2.29. The lowest BCUT2D eigenvalue weighted by Gasteiger charge is -2.26. The molecule has 0 aliphatic heterocycles. The molecule has 0 aromatic heterocycles. The molecule has 1 atom stereocenters. The maximum Gasteiger partial charge on any atom is 0.338 e. The van der Waals surface area contributed by atoms with Gasteiger partial charge in [-0.2, -0.15) is 0 Å². The van der Waals surface area contributed by atoms with Crippen LogP contribution in [0.5, 0.6) is 0 Å². The van der Waals surface area contributed by atoms with Gasteiger partial charge in [-0.1, -0.05) is 36.4 Å². The molecule has 0 bridgehead atoms. The Labute approximate surface area is 146 Å². The summed E-state index contributed by atoms with van der Waals surface area (Å²) in [7, 11) is 0. The van der Waals surface area contributed by atoms with Gasteiger partial charge in [0.05, 0.1) is 11.6 Å². The fraction of sp³-hybridized carbons (Fsp3) is 0.250. The van der Waals surface area contributed by atoms with Crippen LogP contribution < -0.4 is 5.32 Å². The van der Waals surface area contributed by atoms with Crippen LogP contribution in [-0.2, 0) is 16.0 Å². The Morgan fingerprint density at radius 2 is 1.88 bits per heavy atom. The Morgan fingerprint density at radius 3 is 2.64 bits per heavy atom. The summed E-state index contributed by atoms with van der Waals surface area (Å²) in [5, 5.41) is 2.94. The SMILES string of the molecule is O=Cc1ccc(C(=O)OCC(=O)N[C@@H]2CCCc3ccccc32)cc1. The Kier molecular flexibility index (Phi) is 5.23. The highest BCUT2D eigenvalue weighted by atomic mass is 16.5. The smallest absolute Gasteiger partial charge is 0.338 e. The Hall–Kier alpha value is -2.95. The van der Waals surface area contributed by atoms with E-state index >= 15 is 0 Å². The molecule has 128 valence electrons. The van der Waals surface area contributed by atoms with Crippen LogP contribution in [0.3, 0.4) is 0 Å². The summed E-state index contributed by atoms with van der Waals surface area (Å²) in [6.45, 7) is -0.326. The minimum atomic E-state index is -0.586. The Balaban J connectivity index is 1.54. The van der Waals surface area contributed by atoms with Gasteiger partial charge in [-0.15, -0.1) is 0 Å². The minimum absolute atomic E-state index is 0.0389. The summed E-state index contributed by atoms with van der Waals surface area (Å²) >= 11 is 0. The number of hydrogen-bond donors (Lipinski definition) is 1. The topological polar surface area (TPSA) is 72.5 Å². The van der Waals surface area contributed by atoms with Crippen molar-refractivity contribution in [3.8, 4) is 0 Å². The first-order valence-corrected chi connectivity index (χ1v) is 8.27. The molecular formula is C20H19NO4. The van der Waals surface area contributed by atoms with Gasteiger partial charge in [0.2, 0.25) is 0 Å². The number of hydrogen-bond acceptors (Lipinski definition) is 4. The fourth-order valence-electron chi connectivity index (χ4n) is 3.05. The first kappa shape index (κ1) is 16.9. The van der Waals surface area contributed by atoms with Crippen molar-refractivity contribution >= 4 is 18.2 Å². The van der Waals surface area contributed by atoms with Crippen molar-refractivity contribution in [1.82, 2.24) is 5.32 Å². The highest BCUT2D eigenvalue weighted by Gasteiger charge is 2.21. The third-order valence-corrected chi connectivity index (χ3v) is 4.32. The molecule has 0 saturated carbocycles. The van der Waals surface area contributed by atoms with Gasteiger partial charge in [0, 0.05) is 5.56 Å². The zero-order valence-electron chi connectivity index (χ0n) is 13.7. The summed E-state index contributed by atoms with van der Waals surface area (Å²) in [5.41, 5.74) is 3.18. The highest BCUT2D eigenvalue weighted by molar-refractivity contribution is 5.92. The second kappa shape index (κ2) is 7.75. The molecule has 25 heavy (non-hydrogen) atoms. The van der Waals surface area contributed by atoms with E-state index in [-0.39, 0.29) is 18.6 Å². The van der Waals surface area contributed by atoms with Crippen LogP contribution in [-0.4, -0.2) is 24.8 Å². The Morgan fingerprint density at radius 1 is 1.12 bits per heavy atom. The average Bonchev–Trinajstić information content (AvgIpc) is 2.66. The molecule has 0 saturated heterocycles. The number of ether oxygens (including phenoxy) is 1. The van der Waals surface area contributed by atoms with E-state index in [0.29, 0.717) is 17.4 Å². The van der Waals surface area contributed by atoms with Crippen molar-refractivity contribution in [2.24, 2.45) is 0 Å². The molecule has 0 heterocycles. The van der Waals surface area contributed by atoms with E-state index in [2.05, 4.69) is 11.4 Å². The lowest BCUT2D eigenvalue weighted by molar-refractivity contribution is -0.125. The lowest BCUT2D eigenvalue weighted by atomic mass is 9.88. The molecule has 1 amide bonds. The Bertz CT molecular complexity index is 783. The molecule has 0 fully saturated rings. The second-order valence-corrected chi connectivity index (χ2v) is 6.03. The maximum atomic E-state index is 12.1. The van der Waals surface area contributed by atoms with Crippen molar-refractivity contribution in [2.75, 3.05) is 6.61 Å². The van der Waals surface area contributed by atoms with Crippen molar-refractivity contribution in [3.63, 3.8) is 0 Å². The number of aryl methyl sites for hydroxylation is 1. The number of esters is 1. The van der Waals surface area contributed by atoms with Crippen LogP contribution in [0.15, 0.2) is 48.5 Å². The van der Waals surface area contributed by atoms with Crippen LogP contribution in [0.1, 0.15) is 50.7 Å². The number of rotatable bonds is 5. The van der Waals surface area contributed by atoms with Gasteiger partial charge in [-0.05, 0) is 42.5 Å². The first-order valence-electron chi connectivity index (χ1n) is 8.27. The summed E-state index contributed by atoms with van der Waals surface area (Å²) in [4.78, 5) is 34.7. The summed E-state index contributed by atoms with van der Waals surface area (Å²) in [6, 6.07) is 14.1. The molecule has 0 spiro atoms. The number of nitrogens with one attached hydrogen (secondary N) is 1. The molecular weight excluding hydrogens is 318 g/mol. The van der Waals surface area contributed by atoms with E-state index in [0.717, 1.165) is 24.8 Å². The standard InChI is InChI=1S/C20H19NO4/c22-12-14-8-10-16(11-9-14)20(24)25-13-19(23)21-18-7-3-5-15-4-1-2-6-17(15)18/h1-2,4,6,8-12,18H,3,5,7,13H2,(H,21,23)/t18-/m1/s1. The first-order chi connectivity index (χ1) is 12.2. The summed E-state index contributed by atoms with van der Waals surface area (Å²) in [5.74, 6) is -0.906. The molecule has 0 radical (unpaired) electrons. The summed E-state index contributed by atoms with van der Waals surface area (Å²) in [6.07, 6.45) is 3.62. The predicted molar refractivity (Wildman–Crippen MR) is 92.4 cm³/mol. The van der Waals surface area contributed by atoms with Gasteiger partial charge in [-0.3, -0.25) is 9.59 Å². The third kappa shape index (κ3) is 4.12. The van der Waals surface area contributed by atoms with Crippen molar-refractivity contribution < 1.29 is 19.1 Å². The van der Waals surface area contributed by atoms with Crippen LogP contribution in [0.25, 0.3) is 0 Å². The molecule has 3 rings (SSSR count). The van der Waals surface area contributed by atoms with E-state index in [1.54, 1.807) is 0 Å². The van der Waals surface area contributed by atoms with Crippen molar-refractivity contribution in [2.45, 2.75) is 25.3 Å². The van der Waals surface area contributed by atoms with Gasteiger partial charge in [-0.25, -0.2) is 4.79 Å². The largest absolute Gasteiger partial charge is 0.452 e. The van der Waals surface area contributed by atoms with Gasteiger partial charge in [0.1, 0.15) is 6.29 Å². The van der Waals surface area contributed by atoms with Gasteiger partial charge in [0.15, 0.2) is 6.61 Å². The number of benzene rings is 2.